The van der Waals surface area contributed by atoms with Crippen molar-refractivity contribution in [3.63, 3.8) is 0 Å². The Balaban J connectivity index is 2.20. The number of methoxy groups -OCH3 is 1. The largest absolute Gasteiger partial charge is 0.383 e. The molecule has 1 fully saturated rings. The van der Waals surface area contributed by atoms with Gasteiger partial charge in [0.05, 0.1) is 6.61 Å². The monoisotopic (exact) mass is 186 g/mol. The highest BCUT2D eigenvalue weighted by Crippen LogP contribution is 2.27. The van der Waals surface area contributed by atoms with Crippen LogP contribution in [0.5, 0.6) is 0 Å². The Hall–Kier alpha value is -0.120. The van der Waals surface area contributed by atoms with Crippen LogP contribution in [0.3, 0.4) is 0 Å². The van der Waals surface area contributed by atoms with E-state index in [0.29, 0.717) is 5.92 Å². The average Bonchev–Trinajstić information content (AvgIpc) is 2.94. The number of hydrogen-bond acceptors (Lipinski definition) is 3. The lowest BCUT2D eigenvalue weighted by molar-refractivity contribution is 0.134. The fraction of sp³-hybridized carbons (Fsp3) is 1.00. The topological polar surface area (TPSA) is 38.5 Å². The molecule has 0 saturated heterocycles. The Morgan fingerprint density at radius 3 is 2.69 bits per heavy atom. The van der Waals surface area contributed by atoms with Crippen molar-refractivity contribution >= 4 is 0 Å². The normalized spacial score (nSPS) is 19.4. The summed E-state index contributed by atoms with van der Waals surface area (Å²) >= 11 is 0. The van der Waals surface area contributed by atoms with Gasteiger partial charge in [-0.05, 0) is 25.3 Å². The number of rotatable bonds is 7. The SMILES string of the molecule is COCCN(CC(C)CN)C1CC1. The molecule has 2 N–H and O–H groups in total. The highest BCUT2D eigenvalue weighted by molar-refractivity contribution is 4.85. The van der Waals surface area contributed by atoms with Gasteiger partial charge < -0.3 is 10.5 Å². The van der Waals surface area contributed by atoms with E-state index in [-0.39, 0.29) is 0 Å². The maximum absolute atomic E-state index is 5.61. The van der Waals surface area contributed by atoms with E-state index in [1.165, 1.54) is 12.8 Å². The number of nitrogens with zero attached hydrogens (tertiary/aromatic N) is 1. The summed E-state index contributed by atoms with van der Waals surface area (Å²) in [6, 6.07) is 0.823. The fourth-order valence-corrected chi connectivity index (χ4v) is 1.55. The van der Waals surface area contributed by atoms with Crippen LogP contribution in [0.15, 0.2) is 0 Å². The summed E-state index contributed by atoms with van der Waals surface area (Å²) in [5.41, 5.74) is 5.61. The Kier molecular flexibility index (Phi) is 4.70. The minimum atomic E-state index is 0.609. The van der Waals surface area contributed by atoms with E-state index in [4.69, 9.17) is 10.5 Å². The molecule has 0 amide bonds. The summed E-state index contributed by atoms with van der Waals surface area (Å²) in [5.74, 6) is 0.609. The second-order valence-electron chi connectivity index (χ2n) is 4.06. The third-order valence-electron chi connectivity index (χ3n) is 2.59. The summed E-state index contributed by atoms with van der Waals surface area (Å²) in [6.45, 7) is 6.03. The molecular formula is C10H22N2O. The second kappa shape index (κ2) is 5.58. The van der Waals surface area contributed by atoms with Crippen molar-refractivity contribution in [1.29, 1.82) is 0 Å². The van der Waals surface area contributed by atoms with Gasteiger partial charge in [-0.25, -0.2) is 0 Å². The molecule has 0 aromatic heterocycles. The zero-order valence-corrected chi connectivity index (χ0v) is 8.83. The summed E-state index contributed by atoms with van der Waals surface area (Å²) in [4.78, 5) is 2.51. The minimum absolute atomic E-state index is 0.609. The molecule has 0 aromatic carbocycles. The molecule has 0 aromatic rings. The summed E-state index contributed by atoms with van der Waals surface area (Å²) < 4.78 is 5.09. The zero-order valence-electron chi connectivity index (χ0n) is 8.83. The van der Waals surface area contributed by atoms with Crippen molar-refractivity contribution in [2.75, 3.05) is 33.4 Å². The molecule has 78 valence electrons. The predicted octanol–water partition coefficient (Wildman–Crippen LogP) is 0.692. The van der Waals surface area contributed by atoms with Crippen LogP contribution in [-0.4, -0.2) is 44.3 Å². The van der Waals surface area contributed by atoms with E-state index in [0.717, 1.165) is 32.3 Å². The van der Waals surface area contributed by atoms with Crippen molar-refractivity contribution in [2.45, 2.75) is 25.8 Å². The van der Waals surface area contributed by atoms with E-state index in [1.807, 2.05) is 0 Å². The van der Waals surface area contributed by atoms with Gasteiger partial charge in [-0.1, -0.05) is 6.92 Å². The van der Waals surface area contributed by atoms with Crippen molar-refractivity contribution < 1.29 is 4.74 Å². The molecule has 1 aliphatic rings. The Morgan fingerprint density at radius 2 is 2.23 bits per heavy atom. The molecule has 0 heterocycles. The van der Waals surface area contributed by atoms with E-state index in [9.17, 15) is 0 Å². The molecule has 1 rings (SSSR count). The van der Waals surface area contributed by atoms with Crippen LogP contribution in [0.4, 0.5) is 0 Å². The molecule has 1 aliphatic carbocycles. The lowest BCUT2D eigenvalue weighted by Crippen LogP contribution is -2.35. The molecule has 0 radical (unpaired) electrons. The highest BCUT2D eigenvalue weighted by Gasteiger charge is 2.28. The van der Waals surface area contributed by atoms with E-state index in [1.54, 1.807) is 7.11 Å². The van der Waals surface area contributed by atoms with Gasteiger partial charge in [-0.2, -0.15) is 0 Å². The van der Waals surface area contributed by atoms with Crippen LogP contribution in [-0.2, 0) is 4.74 Å². The van der Waals surface area contributed by atoms with Crippen LogP contribution in [0.25, 0.3) is 0 Å². The molecule has 13 heavy (non-hydrogen) atoms. The van der Waals surface area contributed by atoms with Crippen molar-refractivity contribution in [3.05, 3.63) is 0 Å². The van der Waals surface area contributed by atoms with Gasteiger partial charge in [0.1, 0.15) is 0 Å². The first-order chi connectivity index (χ1) is 6.27. The first-order valence-corrected chi connectivity index (χ1v) is 5.21. The standard InChI is InChI=1S/C10H22N2O/c1-9(7-11)8-12(5-6-13-2)10-3-4-10/h9-10H,3-8,11H2,1-2H3. The smallest absolute Gasteiger partial charge is 0.0589 e. The second-order valence-corrected chi connectivity index (χ2v) is 4.06. The summed E-state index contributed by atoms with van der Waals surface area (Å²) in [7, 11) is 1.76. The minimum Gasteiger partial charge on any atom is -0.383 e. The predicted molar refractivity (Wildman–Crippen MR) is 54.7 cm³/mol. The molecular weight excluding hydrogens is 164 g/mol. The molecule has 0 aliphatic heterocycles. The quantitative estimate of drug-likeness (QED) is 0.636. The van der Waals surface area contributed by atoms with E-state index < -0.39 is 0 Å². The summed E-state index contributed by atoms with van der Waals surface area (Å²) in [5, 5.41) is 0. The number of nitrogens with two attached hydrogens (primary N) is 1. The van der Waals surface area contributed by atoms with Gasteiger partial charge in [0.15, 0.2) is 0 Å². The third-order valence-corrected chi connectivity index (χ3v) is 2.59. The van der Waals surface area contributed by atoms with Crippen LogP contribution in [0, 0.1) is 5.92 Å². The Labute approximate surface area is 81.2 Å². The number of ether oxygens (including phenoxy) is 1. The van der Waals surface area contributed by atoms with Gasteiger partial charge in [0.2, 0.25) is 0 Å². The van der Waals surface area contributed by atoms with Crippen LogP contribution in [0.1, 0.15) is 19.8 Å². The van der Waals surface area contributed by atoms with Crippen LogP contribution in [0.2, 0.25) is 0 Å². The number of hydrogen-bond donors (Lipinski definition) is 1. The molecule has 3 heteroatoms. The molecule has 3 nitrogen and oxygen atoms in total. The molecule has 1 unspecified atom stereocenters. The van der Waals surface area contributed by atoms with Crippen molar-refractivity contribution in [2.24, 2.45) is 11.7 Å². The van der Waals surface area contributed by atoms with E-state index in [2.05, 4.69) is 11.8 Å². The molecule has 1 atom stereocenters. The molecule has 0 spiro atoms. The average molecular weight is 186 g/mol. The lowest BCUT2D eigenvalue weighted by Gasteiger charge is -2.24. The first kappa shape index (κ1) is 11.0. The van der Waals surface area contributed by atoms with Gasteiger partial charge in [0.25, 0.3) is 0 Å². The summed E-state index contributed by atoms with van der Waals surface area (Å²) in [6.07, 6.45) is 2.72. The van der Waals surface area contributed by atoms with Gasteiger partial charge in [-0.15, -0.1) is 0 Å². The Bertz CT molecular complexity index is 137. The Morgan fingerprint density at radius 1 is 1.54 bits per heavy atom. The highest BCUT2D eigenvalue weighted by atomic mass is 16.5. The van der Waals surface area contributed by atoms with Crippen LogP contribution >= 0.6 is 0 Å². The van der Waals surface area contributed by atoms with Gasteiger partial charge in [-0.3, -0.25) is 4.90 Å². The van der Waals surface area contributed by atoms with Gasteiger partial charge in [0, 0.05) is 26.2 Å². The van der Waals surface area contributed by atoms with Crippen LogP contribution < -0.4 is 5.73 Å². The maximum atomic E-state index is 5.61. The third kappa shape index (κ3) is 4.07. The van der Waals surface area contributed by atoms with Crippen molar-refractivity contribution in [3.8, 4) is 0 Å². The van der Waals surface area contributed by atoms with Gasteiger partial charge >= 0.3 is 0 Å². The lowest BCUT2D eigenvalue weighted by atomic mass is 10.1. The fourth-order valence-electron chi connectivity index (χ4n) is 1.55. The molecule has 0 bridgehead atoms. The first-order valence-electron chi connectivity index (χ1n) is 5.21. The zero-order chi connectivity index (χ0) is 9.68. The van der Waals surface area contributed by atoms with Crippen molar-refractivity contribution in [1.82, 2.24) is 4.90 Å². The molecule has 1 saturated carbocycles. The van der Waals surface area contributed by atoms with E-state index >= 15 is 0 Å². The maximum Gasteiger partial charge on any atom is 0.0589 e.